The molecule has 20 heavy (non-hydrogen) atoms. The summed E-state index contributed by atoms with van der Waals surface area (Å²) in [6, 6.07) is 6.60. The Kier molecular flexibility index (Phi) is 8.08. The van der Waals surface area contributed by atoms with Gasteiger partial charge in [0.15, 0.2) is 0 Å². The molecule has 0 amide bonds. The first-order valence-corrected chi connectivity index (χ1v) is 8.89. The van der Waals surface area contributed by atoms with Gasteiger partial charge in [-0.05, 0) is 30.7 Å². The van der Waals surface area contributed by atoms with Crippen LogP contribution in [0, 0.1) is 5.92 Å². The molecule has 2 N–H and O–H groups in total. The second-order valence-corrected chi connectivity index (χ2v) is 6.42. The molecule has 0 aliphatic carbocycles. The average Bonchev–Trinajstić information content (AvgIpc) is 2.49. The van der Waals surface area contributed by atoms with Gasteiger partial charge in [-0.1, -0.05) is 39.7 Å². The molecule has 0 unspecified atom stereocenters. The van der Waals surface area contributed by atoms with Gasteiger partial charge in [-0.3, -0.25) is 0 Å². The number of benzene rings is 1. The van der Waals surface area contributed by atoms with Gasteiger partial charge in [0.2, 0.25) is 0 Å². The minimum absolute atomic E-state index is 0.623. The van der Waals surface area contributed by atoms with Gasteiger partial charge >= 0.3 is 0 Å². The number of thioether (sulfide) groups is 1. The van der Waals surface area contributed by atoms with Gasteiger partial charge in [-0.2, -0.15) is 0 Å². The molecule has 0 spiro atoms. The van der Waals surface area contributed by atoms with Crippen molar-refractivity contribution in [1.29, 1.82) is 0 Å². The highest BCUT2D eigenvalue weighted by molar-refractivity contribution is 7.99. The lowest BCUT2D eigenvalue weighted by Crippen LogP contribution is -2.30. The number of nitrogens with zero attached hydrogens (tertiary/aromatic N) is 1. The quantitative estimate of drug-likeness (QED) is 0.679. The third-order valence-electron chi connectivity index (χ3n) is 3.97. The Hall–Kier alpha value is -0.670. The van der Waals surface area contributed by atoms with Crippen LogP contribution in [0.4, 0.5) is 5.69 Å². The molecule has 0 bridgehead atoms. The first kappa shape index (κ1) is 17.4. The summed E-state index contributed by atoms with van der Waals surface area (Å²) < 4.78 is 0. The van der Waals surface area contributed by atoms with E-state index >= 15 is 0 Å². The van der Waals surface area contributed by atoms with Crippen LogP contribution < -0.4 is 10.6 Å². The third-order valence-corrected chi connectivity index (χ3v) is 4.95. The van der Waals surface area contributed by atoms with Crippen LogP contribution >= 0.6 is 11.8 Å². The zero-order chi connectivity index (χ0) is 15.0. The second-order valence-electron chi connectivity index (χ2n) is 5.11. The number of hydrogen-bond acceptors (Lipinski definition) is 3. The number of anilines is 1. The van der Waals surface area contributed by atoms with Crippen molar-refractivity contribution >= 4 is 17.4 Å². The van der Waals surface area contributed by atoms with E-state index in [1.165, 1.54) is 29.0 Å². The van der Waals surface area contributed by atoms with E-state index in [1.54, 1.807) is 0 Å². The monoisotopic (exact) mass is 294 g/mol. The predicted molar refractivity (Wildman–Crippen MR) is 92.7 cm³/mol. The van der Waals surface area contributed by atoms with Crippen LogP contribution in [0.3, 0.4) is 0 Å². The predicted octanol–water partition coefficient (Wildman–Crippen LogP) is 4.52. The summed E-state index contributed by atoms with van der Waals surface area (Å²) in [5.41, 5.74) is 8.68. The smallest absolute Gasteiger partial charge is 0.0423 e. The van der Waals surface area contributed by atoms with E-state index in [2.05, 4.69) is 50.8 Å². The van der Waals surface area contributed by atoms with Crippen LogP contribution in [0.5, 0.6) is 0 Å². The number of nitrogens with two attached hydrogens (primary N) is 1. The van der Waals surface area contributed by atoms with E-state index in [4.69, 9.17) is 5.73 Å². The van der Waals surface area contributed by atoms with E-state index in [1.807, 2.05) is 11.8 Å². The molecular formula is C17H30N2S. The molecule has 2 nitrogen and oxygen atoms in total. The van der Waals surface area contributed by atoms with E-state index in [9.17, 15) is 0 Å². The van der Waals surface area contributed by atoms with Gasteiger partial charge in [0.1, 0.15) is 0 Å². The molecule has 0 saturated carbocycles. The maximum absolute atomic E-state index is 6.03. The Balaban J connectivity index is 3.04. The third kappa shape index (κ3) is 4.42. The molecule has 0 aliphatic heterocycles. The van der Waals surface area contributed by atoms with Crippen LogP contribution in [0.2, 0.25) is 0 Å². The highest BCUT2D eigenvalue weighted by Crippen LogP contribution is 2.31. The largest absolute Gasteiger partial charge is 0.371 e. The lowest BCUT2D eigenvalue weighted by Gasteiger charge is -2.30. The number of hydrogen-bond donors (Lipinski definition) is 1. The van der Waals surface area contributed by atoms with Gasteiger partial charge < -0.3 is 10.6 Å². The highest BCUT2D eigenvalue weighted by Gasteiger charge is 2.15. The van der Waals surface area contributed by atoms with Crippen LogP contribution in [0.1, 0.15) is 46.1 Å². The van der Waals surface area contributed by atoms with E-state index in [-0.39, 0.29) is 0 Å². The zero-order valence-corrected chi connectivity index (χ0v) is 14.3. The van der Waals surface area contributed by atoms with Crippen molar-refractivity contribution in [3.05, 3.63) is 23.8 Å². The maximum Gasteiger partial charge on any atom is 0.0423 e. The van der Waals surface area contributed by atoms with E-state index in [0.717, 1.165) is 24.8 Å². The second kappa shape index (κ2) is 9.30. The minimum atomic E-state index is 0.623. The fourth-order valence-corrected chi connectivity index (χ4v) is 3.45. The van der Waals surface area contributed by atoms with Gasteiger partial charge in [0, 0.05) is 35.8 Å². The van der Waals surface area contributed by atoms with Crippen molar-refractivity contribution in [3.8, 4) is 0 Å². The lowest BCUT2D eigenvalue weighted by atomic mass is 10.0. The Morgan fingerprint density at radius 3 is 2.35 bits per heavy atom. The van der Waals surface area contributed by atoms with Gasteiger partial charge in [0.05, 0.1) is 0 Å². The lowest BCUT2D eigenvalue weighted by molar-refractivity contribution is 0.485. The molecule has 0 fully saturated rings. The minimum Gasteiger partial charge on any atom is -0.371 e. The molecule has 1 aromatic carbocycles. The summed E-state index contributed by atoms with van der Waals surface area (Å²) >= 11 is 1.89. The van der Waals surface area contributed by atoms with Crippen molar-refractivity contribution in [1.82, 2.24) is 0 Å². The first-order valence-electron chi connectivity index (χ1n) is 7.91. The van der Waals surface area contributed by atoms with Crippen molar-refractivity contribution in [2.45, 2.75) is 52.0 Å². The Morgan fingerprint density at radius 2 is 1.85 bits per heavy atom. The van der Waals surface area contributed by atoms with Crippen molar-refractivity contribution in [2.24, 2.45) is 11.7 Å². The number of rotatable bonds is 9. The van der Waals surface area contributed by atoms with Crippen LogP contribution in [-0.2, 0) is 6.54 Å². The average molecular weight is 295 g/mol. The summed E-state index contributed by atoms with van der Waals surface area (Å²) in [4.78, 5) is 3.84. The summed E-state index contributed by atoms with van der Waals surface area (Å²) in [6.45, 7) is 11.8. The van der Waals surface area contributed by atoms with E-state index in [0.29, 0.717) is 6.54 Å². The summed E-state index contributed by atoms with van der Waals surface area (Å²) in [5, 5.41) is 0. The molecule has 1 rings (SSSR count). The molecule has 1 aromatic rings. The fourth-order valence-electron chi connectivity index (χ4n) is 2.60. The highest BCUT2D eigenvalue weighted by atomic mass is 32.2. The van der Waals surface area contributed by atoms with Crippen molar-refractivity contribution in [2.75, 3.05) is 23.7 Å². The zero-order valence-electron chi connectivity index (χ0n) is 13.5. The van der Waals surface area contributed by atoms with Crippen LogP contribution in [0.25, 0.3) is 0 Å². The van der Waals surface area contributed by atoms with Crippen LogP contribution in [0.15, 0.2) is 23.1 Å². The Bertz CT molecular complexity index is 389. The molecule has 114 valence electrons. The molecule has 3 heteroatoms. The molecular weight excluding hydrogens is 264 g/mol. The first-order chi connectivity index (χ1) is 9.71. The summed E-state index contributed by atoms with van der Waals surface area (Å²) in [5.74, 6) is 1.86. The van der Waals surface area contributed by atoms with Crippen LogP contribution in [-0.4, -0.2) is 18.8 Å². The Morgan fingerprint density at radius 1 is 1.15 bits per heavy atom. The molecule has 0 heterocycles. The van der Waals surface area contributed by atoms with Gasteiger partial charge in [-0.25, -0.2) is 0 Å². The van der Waals surface area contributed by atoms with Crippen molar-refractivity contribution < 1.29 is 0 Å². The molecule has 0 atom stereocenters. The Labute approximate surface area is 129 Å². The standard InChI is InChI=1S/C17H30N2S/c1-5-14(6-2)13-19(7-3)16-10-9-11-17(20-8-4)15(16)12-18/h9-11,14H,5-8,12-13,18H2,1-4H3. The fraction of sp³-hybridized carbons (Fsp3) is 0.647. The van der Waals surface area contributed by atoms with Gasteiger partial charge in [0.25, 0.3) is 0 Å². The van der Waals surface area contributed by atoms with Crippen molar-refractivity contribution in [3.63, 3.8) is 0 Å². The van der Waals surface area contributed by atoms with Gasteiger partial charge in [-0.15, -0.1) is 11.8 Å². The molecule has 0 aromatic heterocycles. The molecule has 0 saturated heterocycles. The SMILES string of the molecule is CCSc1cccc(N(CC)CC(CC)CC)c1CN. The molecule has 0 radical (unpaired) electrons. The summed E-state index contributed by atoms with van der Waals surface area (Å²) in [6.07, 6.45) is 2.49. The molecule has 0 aliphatic rings. The van der Waals surface area contributed by atoms with E-state index < -0.39 is 0 Å². The maximum atomic E-state index is 6.03. The topological polar surface area (TPSA) is 29.3 Å². The summed E-state index contributed by atoms with van der Waals surface area (Å²) in [7, 11) is 0. The normalized spacial score (nSPS) is 11.1.